The maximum absolute atomic E-state index is 12.4. The number of halogens is 1. The molecule has 0 saturated carbocycles. The van der Waals surface area contributed by atoms with E-state index in [0.29, 0.717) is 10.7 Å². The van der Waals surface area contributed by atoms with Crippen molar-refractivity contribution in [2.75, 3.05) is 18.4 Å². The molecule has 0 aliphatic carbocycles. The van der Waals surface area contributed by atoms with Gasteiger partial charge in [0.1, 0.15) is 0 Å². The molecule has 1 aromatic heterocycles. The van der Waals surface area contributed by atoms with Crippen molar-refractivity contribution < 1.29 is 4.79 Å². The monoisotopic (exact) mass is 267 g/mol. The molecule has 1 atom stereocenters. The maximum Gasteiger partial charge on any atom is 0.231 e. The molecule has 1 unspecified atom stereocenters. The van der Waals surface area contributed by atoms with Crippen LogP contribution >= 0.6 is 11.6 Å². The lowest BCUT2D eigenvalue weighted by atomic mass is 9.77. The molecule has 1 amide bonds. The number of amides is 1. The third kappa shape index (κ3) is 2.65. The number of carbonyl (C=O) groups is 1. The van der Waals surface area contributed by atoms with Crippen LogP contribution in [-0.2, 0) is 4.79 Å². The molecule has 98 valence electrons. The number of aromatic nitrogens is 1. The number of pyridine rings is 1. The predicted molar refractivity (Wildman–Crippen MR) is 72.7 cm³/mol. The number of piperidine rings is 1. The van der Waals surface area contributed by atoms with Crippen LogP contribution in [0.3, 0.4) is 0 Å². The fraction of sp³-hybridized carbons (Fsp3) is 0.538. The zero-order chi connectivity index (χ0) is 13.0. The van der Waals surface area contributed by atoms with Gasteiger partial charge in [0.15, 0.2) is 0 Å². The first-order valence-electron chi connectivity index (χ1n) is 6.30. The van der Waals surface area contributed by atoms with Gasteiger partial charge in [-0.2, -0.15) is 0 Å². The number of nitrogens with one attached hydrogen (secondary N) is 2. The third-order valence-corrected chi connectivity index (χ3v) is 3.98. The molecule has 2 rings (SSSR count). The number of anilines is 1. The average molecular weight is 268 g/mol. The summed E-state index contributed by atoms with van der Waals surface area (Å²) in [6.45, 7) is 3.77. The van der Waals surface area contributed by atoms with Gasteiger partial charge in [0.05, 0.1) is 22.3 Å². The second kappa shape index (κ2) is 5.67. The van der Waals surface area contributed by atoms with Crippen molar-refractivity contribution in [1.82, 2.24) is 10.3 Å². The number of hydrogen-bond acceptors (Lipinski definition) is 3. The summed E-state index contributed by atoms with van der Waals surface area (Å²) in [6.07, 6.45) is 5.96. The summed E-state index contributed by atoms with van der Waals surface area (Å²) < 4.78 is 0. The normalized spacial score (nSPS) is 23.7. The van der Waals surface area contributed by atoms with Crippen LogP contribution in [0.1, 0.15) is 26.2 Å². The van der Waals surface area contributed by atoms with Crippen molar-refractivity contribution in [2.45, 2.75) is 26.2 Å². The van der Waals surface area contributed by atoms with Gasteiger partial charge in [0.25, 0.3) is 0 Å². The fourth-order valence-corrected chi connectivity index (χ4v) is 2.50. The fourth-order valence-electron chi connectivity index (χ4n) is 2.35. The van der Waals surface area contributed by atoms with Gasteiger partial charge in [0, 0.05) is 12.7 Å². The van der Waals surface area contributed by atoms with Gasteiger partial charge in [-0.25, -0.2) is 0 Å². The van der Waals surface area contributed by atoms with Crippen molar-refractivity contribution in [2.24, 2.45) is 5.41 Å². The van der Waals surface area contributed by atoms with E-state index in [9.17, 15) is 4.79 Å². The highest BCUT2D eigenvalue weighted by Crippen LogP contribution is 2.32. The Morgan fingerprint density at radius 1 is 1.67 bits per heavy atom. The molecule has 2 N–H and O–H groups in total. The molecule has 18 heavy (non-hydrogen) atoms. The van der Waals surface area contributed by atoms with E-state index in [1.54, 1.807) is 18.5 Å². The first-order valence-corrected chi connectivity index (χ1v) is 6.67. The highest BCUT2D eigenvalue weighted by atomic mass is 35.5. The number of rotatable bonds is 3. The smallest absolute Gasteiger partial charge is 0.231 e. The Hall–Kier alpha value is -1.13. The molecular formula is C13H18ClN3O. The molecule has 1 aliphatic rings. The molecule has 1 aromatic rings. The number of hydrogen-bond donors (Lipinski definition) is 2. The summed E-state index contributed by atoms with van der Waals surface area (Å²) in [7, 11) is 0. The zero-order valence-corrected chi connectivity index (χ0v) is 11.3. The third-order valence-electron chi connectivity index (χ3n) is 3.65. The molecule has 0 aromatic carbocycles. The first kappa shape index (κ1) is 13.3. The van der Waals surface area contributed by atoms with Gasteiger partial charge in [-0.15, -0.1) is 0 Å². The van der Waals surface area contributed by atoms with Gasteiger partial charge in [-0.3, -0.25) is 9.78 Å². The lowest BCUT2D eigenvalue weighted by molar-refractivity contribution is -0.126. The van der Waals surface area contributed by atoms with Crippen molar-refractivity contribution in [3.8, 4) is 0 Å². The minimum atomic E-state index is -0.322. The van der Waals surface area contributed by atoms with Crippen LogP contribution in [0.4, 0.5) is 5.69 Å². The standard InChI is InChI=1S/C13H18ClN3O/c1-2-13(5-3-6-16-9-13)12(18)17-11-8-15-7-4-10(11)14/h4,7-8,16H,2-3,5-6,9H2,1H3,(H,17,18). The largest absolute Gasteiger partial charge is 0.323 e. The summed E-state index contributed by atoms with van der Waals surface area (Å²) in [6, 6.07) is 1.68. The van der Waals surface area contributed by atoms with Gasteiger partial charge >= 0.3 is 0 Å². The molecule has 0 bridgehead atoms. The lowest BCUT2D eigenvalue weighted by Crippen LogP contribution is -2.47. The van der Waals surface area contributed by atoms with Crippen LogP contribution in [-0.4, -0.2) is 24.0 Å². The highest BCUT2D eigenvalue weighted by Gasteiger charge is 2.37. The van der Waals surface area contributed by atoms with E-state index < -0.39 is 0 Å². The van der Waals surface area contributed by atoms with Crippen LogP contribution in [0, 0.1) is 5.41 Å². The molecule has 1 aliphatic heterocycles. The summed E-state index contributed by atoms with van der Waals surface area (Å²) >= 11 is 6.03. The van der Waals surface area contributed by atoms with Gasteiger partial charge < -0.3 is 10.6 Å². The van der Waals surface area contributed by atoms with Crippen LogP contribution in [0.5, 0.6) is 0 Å². The molecule has 5 heteroatoms. The van der Waals surface area contributed by atoms with E-state index in [1.165, 1.54) is 0 Å². The van der Waals surface area contributed by atoms with Crippen molar-refractivity contribution >= 4 is 23.2 Å². The van der Waals surface area contributed by atoms with E-state index in [2.05, 4.69) is 22.5 Å². The van der Waals surface area contributed by atoms with Gasteiger partial charge in [0.2, 0.25) is 5.91 Å². The van der Waals surface area contributed by atoms with E-state index in [0.717, 1.165) is 32.4 Å². The number of nitrogens with zero attached hydrogens (tertiary/aromatic N) is 1. The molecule has 0 radical (unpaired) electrons. The van der Waals surface area contributed by atoms with Crippen molar-refractivity contribution in [1.29, 1.82) is 0 Å². The molecule has 4 nitrogen and oxygen atoms in total. The van der Waals surface area contributed by atoms with Crippen LogP contribution < -0.4 is 10.6 Å². The second-order valence-corrected chi connectivity index (χ2v) is 5.13. The Morgan fingerprint density at radius 2 is 2.50 bits per heavy atom. The number of carbonyl (C=O) groups excluding carboxylic acids is 1. The summed E-state index contributed by atoms with van der Waals surface area (Å²) in [5.74, 6) is 0.0344. The van der Waals surface area contributed by atoms with Crippen LogP contribution in [0.25, 0.3) is 0 Å². The molecule has 1 fully saturated rings. The van der Waals surface area contributed by atoms with E-state index in [1.807, 2.05) is 0 Å². The predicted octanol–water partition coefficient (Wildman–Crippen LogP) is 2.45. The Bertz CT molecular complexity index is 430. The van der Waals surface area contributed by atoms with Gasteiger partial charge in [-0.05, 0) is 31.9 Å². The van der Waals surface area contributed by atoms with Crippen molar-refractivity contribution in [3.63, 3.8) is 0 Å². The summed E-state index contributed by atoms with van der Waals surface area (Å²) in [4.78, 5) is 16.4. The molecule has 1 saturated heterocycles. The van der Waals surface area contributed by atoms with Crippen LogP contribution in [0.15, 0.2) is 18.5 Å². The van der Waals surface area contributed by atoms with Crippen molar-refractivity contribution in [3.05, 3.63) is 23.5 Å². The minimum Gasteiger partial charge on any atom is -0.323 e. The minimum absolute atomic E-state index is 0.0344. The average Bonchev–Trinajstić information content (AvgIpc) is 2.42. The Balaban J connectivity index is 2.13. The van der Waals surface area contributed by atoms with Crippen LogP contribution in [0.2, 0.25) is 5.02 Å². The summed E-state index contributed by atoms with van der Waals surface area (Å²) in [5, 5.41) is 6.72. The second-order valence-electron chi connectivity index (χ2n) is 4.72. The first-order chi connectivity index (χ1) is 8.68. The zero-order valence-electron chi connectivity index (χ0n) is 10.5. The lowest BCUT2D eigenvalue weighted by Gasteiger charge is -2.35. The Morgan fingerprint density at radius 3 is 3.11 bits per heavy atom. The molecule has 0 spiro atoms. The topological polar surface area (TPSA) is 54.0 Å². The SMILES string of the molecule is CCC1(C(=O)Nc2cnccc2Cl)CCCNC1. The highest BCUT2D eigenvalue weighted by molar-refractivity contribution is 6.33. The summed E-state index contributed by atoms with van der Waals surface area (Å²) in [5.41, 5.74) is 0.264. The Labute approximate surface area is 112 Å². The molecular weight excluding hydrogens is 250 g/mol. The quantitative estimate of drug-likeness (QED) is 0.885. The Kier molecular flexibility index (Phi) is 4.19. The van der Waals surface area contributed by atoms with E-state index in [4.69, 9.17) is 11.6 Å². The maximum atomic E-state index is 12.4. The van der Waals surface area contributed by atoms with Gasteiger partial charge in [-0.1, -0.05) is 18.5 Å². The molecule has 2 heterocycles. The van der Waals surface area contributed by atoms with E-state index >= 15 is 0 Å². The van der Waals surface area contributed by atoms with E-state index in [-0.39, 0.29) is 11.3 Å².